The molecule has 54 heavy (non-hydrogen) atoms. The fraction of sp³-hybridized carbons (Fsp3) is 0.667. The van der Waals surface area contributed by atoms with Gasteiger partial charge in [0.25, 0.3) is 0 Å². The second-order valence-electron chi connectivity index (χ2n) is 14.4. The first-order chi connectivity index (χ1) is 26.4. The molecule has 2 unspecified atom stereocenters. The second-order valence-corrected chi connectivity index (χ2v) is 14.4. The molecule has 0 aliphatic rings. The largest absolute Gasteiger partial charge is 0.513 e. The summed E-state index contributed by atoms with van der Waals surface area (Å²) < 4.78 is 11.0. The monoisotopic (exact) mass is 755 g/mol. The summed E-state index contributed by atoms with van der Waals surface area (Å²) >= 11 is 0. The van der Waals surface area contributed by atoms with E-state index in [0.717, 1.165) is 101 Å². The predicted octanol–water partition coefficient (Wildman–Crippen LogP) is 13.1. The Hall–Kier alpha value is -3.43. The molecule has 2 atom stereocenters. The molecule has 0 spiro atoms. The summed E-state index contributed by atoms with van der Waals surface area (Å²) in [5.41, 5.74) is 2.97. The Morgan fingerprint density at radius 3 is 1.09 bits per heavy atom. The van der Waals surface area contributed by atoms with E-state index in [0.29, 0.717) is 36.8 Å². The summed E-state index contributed by atoms with van der Waals surface area (Å²) in [6.07, 6.45) is 20.5. The molecule has 0 radical (unpaired) electrons. The molecule has 0 saturated heterocycles. The van der Waals surface area contributed by atoms with E-state index in [2.05, 4.69) is 27.7 Å². The lowest BCUT2D eigenvalue weighted by Crippen LogP contribution is -2.28. The summed E-state index contributed by atoms with van der Waals surface area (Å²) in [5, 5.41) is 0. The van der Waals surface area contributed by atoms with Crippen LogP contribution < -0.4 is 0 Å². The molecule has 0 amide bonds. The lowest BCUT2D eigenvalue weighted by molar-refractivity contribution is -0.348. The van der Waals surface area contributed by atoms with Crippen molar-refractivity contribution in [2.75, 3.05) is 0 Å². The van der Waals surface area contributed by atoms with Crippen molar-refractivity contribution < 1.29 is 43.4 Å². The van der Waals surface area contributed by atoms with Gasteiger partial charge in [0, 0.05) is 12.8 Å². The van der Waals surface area contributed by atoms with Gasteiger partial charge in [0.05, 0.1) is 11.1 Å². The van der Waals surface area contributed by atoms with Crippen molar-refractivity contribution in [3.63, 3.8) is 0 Å². The van der Waals surface area contributed by atoms with Crippen LogP contribution in [-0.2, 0) is 41.9 Å². The van der Waals surface area contributed by atoms with Crippen LogP contribution >= 0.6 is 0 Å². The minimum Gasteiger partial charge on any atom is -0.400 e. The number of rotatable bonds is 32. The van der Waals surface area contributed by atoms with Gasteiger partial charge in [-0.2, -0.15) is 0 Å². The second kappa shape index (κ2) is 30.8. The van der Waals surface area contributed by atoms with Crippen molar-refractivity contribution in [1.82, 2.24) is 0 Å². The standard InChI is InChI=1S/C45H70O9/c1-5-9-13-15-17-19-23-27-41(51-53-43(46)39-33-29-37(30-34-39)25-21-11-7-3)49-45(48)50-42(28-24-20-18-16-14-10-6-2)52-54-44(47)40-35-31-38(32-36-40)26-22-12-8-4/h29-36,41-42H,5-28H2,1-4H3. The maximum Gasteiger partial charge on any atom is 0.513 e. The maximum absolute atomic E-state index is 13.1. The van der Waals surface area contributed by atoms with E-state index in [-0.39, 0.29) is 0 Å². The molecule has 0 fully saturated rings. The van der Waals surface area contributed by atoms with Crippen LogP contribution in [0.1, 0.15) is 201 Å². The molecule has 0 bridgehead atoms. The van der Waals surface area contributed by atoms with Crippen molar-refractivity contribution >= 4 is 18.1 Å². The van der Waals surface area contributed by atoms with E-state index in [1.807, 2.05) is 24.3 Å². The van der Waals surface area contributed by atoms with Crippen LogP contribution in [0.25, 0.3) is 0 Å². The molecule has 9 heteroatoms. The molecule has 0 aromatic heterocycles. The fourth-order valence-corrected chi connectivity index (χ4v) is 6.10. The van der Waals surface area contributed by atoms with Crippen molar-refractivity contribution in [3.8, 4) is 0 Å². The highest BCUT2D eigenvalue weighted by Gasteiger charge is 2.25. The van der Waals surface area contributed by atoms with Gasteiger partial charge >= 0.3 is 18.1 Å². The van der Waals surface area contributed by atoms with Gasteiger partial charge in [-0.15, -0.1) is 9.78 Å². The minimum absolute atomic E-state index is 0.305. The third-order valence-corrected chi connectivity index (χ3v) is 9.52. The number of aryl methyl sites for hydroxylation is 2. The number of hydrogen-bond donors (Lipinski definition) is 0. The van der Waals surface area contributed by atoms with Gasteiger partial charge in [0.15, 0.2) is 0 Å². The van der Waals surface area contributed by atoms with Gasteiger partial charge in [-0.3, -0.25) is 9.78 Å². The average Bonchev–Trinajstić information content (AvgIpc) is 3.18. The highest BCUT2D eigenvalue weighted by atomic mass is 17.2. The Kier molecular flexibility index (Phi) is 26.7. The molecule has 0 saturated carbocycles. The molecule has 0 heterocycles. The lowest BCUT2D eigenvalue weighted by atomic mass is 10.1. The molecular weight excluding hydrogens is 684 g/mol. The van der Waals surface area contributed by atoms with Gasteiger partial charge in [0.1, 0.15) is 0 Å². The SMILES string of the molecule is CCCCCCCCCC(OOC(=O)c1ccc(CCCCC)cc1)OC(=O)OC(CCCCCCCCC)OOC(=O)c1ccc(CCCCC)cc1. The zero-order chi connectivity index (χ0) is 39.1. The minimum atomic E-state index is -1.19. The molecule has 2 aromatic rings. The van der Waals surface area contributed by atoms with E-state index >= 15 is 0 Å². The van der Waals surface area contributed by atoms with Gasteiger partial charge in [-0.25, -0.2) is 14.4 Å². The molecule has 0 aliphatic heterocycles. The Balaban J connectivity index is 2.01. The summed E-state index contributed by atoms with van der Waals surface area (Å²) in [4.78, 5) is 59.9. The highest BCUT2D eigenvalue weighted by Crippen LogP contribution is 2.19. The number of benzene rings is 2. The first-order valence-electron chi connectivity index (χ1n) is 21.2. The molecule has 2 rings (SSSR count). The molecule has 9 nitrogen and oxygen atoms in total. The van der Waals surface area contributed by atoms with Crippen LogP contribution in [0.5, 0.6) is 0 Å². The Bertz CT molecular complexity index is 1150. The van der Waals surface area contributed by atoms with Crippen LogP contribution in [0.3, 0.4) is 0 Å². The van der Waals surface area contributed by atoms with Crippen molar-refractivity contribution in [3.05, 3.63) is 70.8 Å². The number of hydrogen-bond acceptors (Lipinski definition) is 9. The average molecular weight is 755 g/mol. The number of carbonyl (C=O) groups excluding carboxylic acids is 3. The third kappa shape index (κ3) is 22.1. The van der Waals surface area contributed by atoms with Crippen LogP contribution in [-0.4, -0.2) is 30.7 Å². The predicted molar refractivity (Wildman–Crippen MR) is 213 cm³/mol. The lowest BCUT2D eigenvalue weighted by Gasteiger charge is -2.20. The first-order valence-corrected chi connectivity index (χ1v) is 21.2. The van der Waals surface area contributed by atoms with Crippen molar-refractivity contribution in [2.24, 2.45) is 0 Å². The molecule has 0 aliphatic carbocycles. The van der Waals surface area contributed by atoms with E-state index < -0.39 is 30.7 Å². The van der Waals surface area contributed by atoms with Crippen LogP contribution in [0.2, 0.25) is 0 Å². The van der Waals surface area contributed by atoms with E-state index in [1.165, 1.54) is 38.5 Å². The third-order valence-electron chi connectivity index (χ3n) is 9.52. The Labute approximate surface area is 326 Å². The number of unbranched alkanes of at least 4 members (excludes halogenated alkanes) is 16. The van der Waals surface area contributed by atoms with Crippen LogP contribution in [0.15, 0.2) is 48.5 Å². The molecular formula is C45H70O9. The summed E-state index contributed by atoms with van der Waals surface area (Å²) in [6.45, 7) is 8.70. The summed E-state index contributed by atoms with van der Waals surface area (Å²) in [6, 6.07) is 14.5. The van der Waals surface area contributed by atoms with Crippen molar-refractivity contribution in [1.29, 1.82) is 0 Å². The summed E-state index contributed by atoms with van der Waals surface area (Å²) in [7, 11) is 0. The van der Waals surface area contributed by atoms with E-state index in [4.69, 9.17) is 29.0 Å². The summed E-state index contributed by atoms with van der Waals surface area (Å²) in [5.74, 6) is -1.37. The van der Waals surface area contributed by atoms with E-state index in [9.17, 15) is 14.4 Å². The number of carbonyl (C=O) groups is 3. The van der Waals surface area contributed by atoms with Crippen LogP contribution in [0.4, 0.5) is 4.79 Å². The van der Waals surface area contributed by atoms with Crippen LogP contribution in [0, 0.1) is 0 Å². The quantitative estimate of drug-likeness (QED) is 0.0237. The molecule has 2 aromatic carbocycles. The normalized spacial score (nSPS) is 12.2. The first kappa shape index (κ1) is 46.7. The number of ether oxygens (including phenoxy) is 2. The van der Waals surface area contributed by atoms with Crippen molar-refractivity contribution in [2.45, 2.75) is 194 Å². The molecule has 304 valence electrons. The van der Waals surface area contributed by atoms with E-state index in [1.54, 1.807) is 24.3 Å². The Morgan fingerprint density at radius 2 is 0.741 bits per heavy atom. The zero-order valence-corrected chi connectivity index (χ0v) is 33.9. The van der Waals surface area contributed by atoms with Gasteiger partial charge in [-0.1, -0.05) is 155 Å². The maximum atomic E-state index is 13.1. The Morgan fingerprint density at radius 1 is 0.426 bits per heavy atom. The fourth-order valence-electron chi connectivity index (χ4n) is 6.10. The highest BCUT2D eigenvalue weighted by molar-refractivity contribution is 5.89. The van der Waals surface area contributed by atoms with Gasteiger partial charge < -0.3 is 9.47 Å². The molecule has 0 N–H and O–H groups in total. The smallest absolute Gasteiger partial charge is 0.400 e. The van der Waals surface area contributed by atoms with Gasteiger partial charge in [-0.05, 0) is 73.9 Å². The topological polar surface area (TPSA) is 107 Å². The zero-order valence-electron chi connectivity index (χ0n) is 33.9. The van der Waals surface area contributed by atoms with Gasteiger partial charge in [0.2, 0.25) is 12.6 Å².